The first kappa shape index (κ1) is 18.7. The number of benzene rings is 2. The van der Waals surface area contributed by atoms with Gasteiger partial charge in [-0.1, -0.05) is 48.0 Å². The summed E-state index contributed by atoms with van der Waals surface area (Å²) in [7, 11) is 0. The van der Waals surface area contributed by atoms with Crippen LogP contribution < -0.4 is 10.2 Å². The number of nitrogens with zero attached hydrogens (tertiary/aromatic N) is 2. The Hall–Kier alpha value is -2.04. The number of hydrogen-bond acceptors (Lipinski definition) is 3. The van der Waals surface area contributed by atoms with Crippen LogP contribution in [-0.2, 0) is 4.79 Å². The van der Waals surface area contributed by atoms with Gasteiger partial charge in [0.25, 0.3) is 0 Å². The van der Waals surface area contributed by atoms with Crippen molar-refractivity contribution < 1.29 is 4.79 Å². The molecule has 3 rings (SSSR count). The molecule has 5 heteroatoms. The molecule has 1 fully saturated rings. The van der Waals surface area contributed by atoms with E-state index in [2.05, 4.69) is 21.2 Å². The van der Waals surface area contributed by atoms with Crippen LogP contribution in [-0.4, -0.2) is 43.0 Å². The van der Waals surface area contributed by atoms with Crippen molar-refractivity contribution in [1.82, 2.24) is 10.2 Å². The lowest BCUT2D eigenvalue weighted by molar-refractivity contribution is -0.126. The molecule has 0 unspecified atom stereocenters. The summed E-state index contributed by atoms with van der Waals surface area (Å²) >= 11 is 6.09. The second-order valence-corrected chi connectivity index (χ2v) is 7.26. The fourth-order valence-corrected chi connectivity index (χ4v) is 3.55. The van der Waals surface area contributed by atoms with Crippen LogP contribution in [0.3, 0.4) is 0 Å². The molecule has 1 aliphatic rings. The minimum absolute atomic E-state index is 0.0129. The van der Waals surface area contributed by atoms with E-state index in [4.69, 9.17) is 11.6 Å². The molecule has 0 aromatic heterocycles. The number of halogens is 1. The highest BCUT2D eigenvalue weighted by molar-refractivity contribution is 6.30. The van der Waals surface area contributed by atoms with Crippen molar-refractivity contribution in [2.75, 3.05) is 31.1 Å². The number of nitrogens with one attached hydrogen (secondary N) is 1. The van der Waals surface area contributed by atoms with Gasteiger partial charge in [-0.2, -0.15) is 0 Å². The summed E-state index contributed by atoms with van der Waals surface area (Å²) in [5.41, 5.74) is 2.27. The highest BCUT2D eigenvalue weighted by Crippen LogP contribution is 2.21. The van der Waals surface area contributed by atoms with E-state index in [1.807, 2.05) is 62.4 Å². The maximum Gasteiger partial charge on any atom is 0.237 e. The number of amides is 1. The van der Waals surface area contributed by atoms with Crippen molar-refractivity contribution in [3.8, 4) is 0 Å². The van der Waals surface area contributed by atoms with Crippen LogP contribution in [0.25, 0.3) is 0 Å². The minimum atomic E-state index is -0.136. The molecule has 2 atom stereocenters. The second-order valence-electron chi connectivity index (χ2n) is 6.82. The Labute approximate surface area is 160 Å². The zero-order valence-corrected chi connectivity index (χ0v) is 16.1. The smallest absolute Gasteiger partial charge is 0.237 e. The van der Waals surface area contributed by atoms with Crippen molar-refractivity contribution in [2.45, 2.75) is 25.9 Å². The minimum Gasteiger partial charge on any atom is -0.369 e. The van der Waals surface area contributed by atoms with E-state index in [9.17, 15) is 4.79 Å². The van der Waals surface area contributed by atoms with Crippen LogP contribution in [0.1, 0.15) is 25.5 Å². The molecule has 2 aromatic carbocycles. The molecule has 1 aliphatic heterocycles. The molecule has 0 bridgehead atoms. The number of hydrogen-bond donors (Lipinski definition) is 1. The molecule has 138 valence electrons. The monoisotopic (exact) mass is 371 g/mol. The first-order valence-electron chi connectivity index (χ1n) is 9.14. The lowest BCUT2D eigenvalue weighted by Crippen LogP contribution is -2.54. The summed E-state index contributed by atoms with van der Waals surface area (Å²) in [6.07, 6.45) is 0. The first-order chi connectivity index (χ1) is 12.5. The quantitative estimate of drug-likeness (QED) is 0.869. The Kier molecular flexibility index (Phi) is 6.17. The van der Waals surface area contributed by atoms with E-state index in [-0.39, 0.29) is 18.0 Å². The topological polar surface area (TPSA) is 35.6 Å². The van der Waals surface area contributed by atoms with Crippen molar-refractivity contribution >= 4 is 23.2 Å². The third-order valence-corrected chi connectivity index (χ3v) is 5.31. The molecule has 26 heavy (non-hydrogen) atoms. The summed E-state index contributed by atoms with van der Waals surface area (Å²) in [4.78, 5) is 17.2. The number of anilines is 1. The molecule has 2 aromatic rings. The first-order valence-corrected chi connectivity index (χ1v) is 9.52. The lowest BCUT2D eigenvalue weighted by atomic mass is 10.1. The average molecular weight is 372 g/mol. The average Bonchev–Trinajstić information content (AvgIpc) is 2.68. The van der Waals surface area contributed by atoms with Crippen LogP contribution in [0.5, 0.6) is 0 Å². The van der Waals surface area contributed by atoms with Crippen LogP contribution in [0, 0.1) is 0 Å². The van der Waals surface area contributed by atoms with Gasteiger partial charge in [-0.05, 0) is 37.6 Å². The van der Waals surface area contributed by atoms with Crippen LogP contribution >= 0.6 is 11.6 Å². The Bertz CT molecular complexity index is 729. The molecule has 0 saturated carbocycles. The normalized spacial score (nSPS) is 17.6. The number of carbonyl (C=O) groups excluding carboxylic acids is 1. The van der Waals surface area contributed by atoms with E-state index in [0.717, 1.165) is 42.5 Å². The summed E-state index contributed by atoms with van der Waals surface area (Å²) in [5.74, 6) is 0.0811. The Balaban J connectivity index is 1.53. The summed E-state index contributed by atoms with van der Waals surface area (Å²) in [6.45, 7) is 7.53. The maximum atomic E-state index is 12.6. The molecular weight excluding hydrogens is 346 g/mol. The highest BCUT2D eigenvalue weighted by Gasteiger charge is 2.26. The van der Waals surface area contributed by atoms with Crippen LogP contribution in [0.2, 0.25) is 5.02 Å². The molecule has 0 spiro atoms. The van der Waals surface area contributed by atoms with Gasteiger partial charge in [-0.15, -0.1) is 0 Å². The van der Waals surface area contributed by atoms with Crippen molar-refractivity contribution in [1.29, 1.82) is 0 Å². The zero-order valence-electron chi connectivity index (χ0n) is 15.4. The number of piperazine rings is 1. The predicted molar refractivity (Wildman–Crippen MR) is 108 cm³/mol. The fourth-order valence-electron chi connectivity index (χ4n) is 3.37. The maximum absolute atomic E-state index is 12.6. The molecule has 0 radical (unpaired) electrons. The van der Waals surface area contributed by atoms with Gasteiger partial charge in [0, 0.05) is 36.9 Å². The van der Waals surface area contributed by atoms with Gasteiger partial charge in [0.2, 0.25) is 5.91 Å². The van der Waals surface area contributed by atoms with Crippen LogP contribution in [0.15, 0.2) is 54.6 Å². The van der Waals surface area contributed by atoms with Gasteiger partial charge in [-0.25, -0.2) is 0 Å². The summed E-state index contributed by atoms with van der Waals surface area (Å²) in [6, 6.07) is 17.9. The molecule has 1 saturated heterocycles. The zero-order chi connectivity index (χ0) is 18.5. The van der Waals surface area contributed by atoms with E-state index in [1.165, 1.54) is 0 Å². The SMILES string of the molecule is C[C@H](NC(=O)[C@H](C)N1CCN(c2cccc(Cl)c2)CC1)c1ccccc1. The standard InChI is InChI=1S/C21H26ClN3O/c1-16(18-7-4-3-5-8-18)23-21(26)17(2)24-11-13-25(14-12-24)20-10-6-9-19(22)15-20/h3-10,15-17H,11-14H2,1-2H3,(H,23,26)/t16-,17-/m0/s1. The van der Waals surface area contributed by atoms with Crippen molar-refractivity contribution in [3.05, 3.63) is 65.2 Å². The van der Waals surface area contributed by atoms with E-state index >= 15 is 0 Å². The molecule has 0 aliphatic carbocycles. The fraction of sp³-hybridized carbons (Fsp3) is 0.381. The van der Waals surface area contributed by atoms with Gasteiger partial charge in [0.05, 0.1) is 12.1 Å². The number of rotatable bonds is 5. The summed E-state index contributed by atoms with van der Waals surface area (Å²) in [5, 5.41) is 3.89. The van der Waals surface area contributed by atoms with Crippen LogP contribution in [0.4, 0.5) is 5.69 Å². The highest BCUT2D eigenvalue weighted by atomic mass is 35.5. The van der Waals surface area contributed by atoms with E-state index in [1.54, 1.807) is 0 Å². The Morgan fingerprint density at radius 3 is 2.35 bits per heavy atom. The molecule has 1 heterocycles. The molecular formula is C21H26ClN3O. The predicted octanol–water partition coefficient (Wildman–Crippen LogP) is 3.73. The second kappa shape index (κ2) is 8.56. The Morgan fingerprint density at radius 2 is 1.69 bits per heavy atom. The molecule has 1 amide bonds. The van der Waals surface area contributed by atoms with Crippen molar-refractivity contribution in [3.63, 3.8) is 0 Å². The molecule has 4 nitrogen and oxygen atoms in total. The van der Waals surface area contributed by atoms with Crippen molar-refractivity contribution in [2.24, 2.45) is 0 Å². The molecule has 1 N–H and O–H groups in total. The summed E-state index contributed by atoms with van der Waals surface area (Å²) < 4.78 is 0. The lowest BCUT2D eigenvalue weighted by Gasteiger charge is -2.38. The number of carbonyl (C=O) groups is 1. The van der Waals surface area contributed by atoms with Gasteiger partial charge in [-0.3, -0.25) is 9.69 Å². The van der Waals surface area contributed by atoms with E-state index < -0.39 is 0 Å². The van der Waals surface area contributed by atoms with Gasteiger partial charge >= 0.3 is 0 Å². The van der Waals surface area contributed by atoms with Gasteiger partial charge in [0.1, 0.15) is 0 Å². The third kappa shape index (κ3) is 4.57. The van der Waals surface area contributed by atoms with Gasteiger partial charge < -0.3 is 10.2 Å². The van der Waals surface area contributed by atoms with E-state index in [0.29, 0.717) is 0 Å². The van der Waals surface area contributed by atoms with Gasteiger partial charge in [0.15, 0.2) is 0 Å². The Morgan fingerprint density at radius 1 is 1.00 bits per heavy atom. The third-order valence-electron chi connectivity index (χ3n) is 5.07. The largest absolute Gasteiger partial charge is 0.369 e.